The van der Waals surface area contributed by atoms with Crippen LogP contribution in [0.5, 0.6) is 0 Å². The van der Waals surface area contributed by atoms with Crippen molar-refractivity contribution in [2.75, 3.05) is 0 Å². The number of nitriles is 1. The van der Waals surface area contributed by atoms with Gasteiger partial charge < -0.3 is 8.97 Å². The van der Waals surface area contributed by atoms with E-state index >= 15 is 0 Å². The minimum Gasteiger partial charge on any atom is -0.309 e. The zero-order chi connectivity index (χ0) is 30.5. The number of para-hydroxylation sites is 2. The van der Waals surface area contributed by atoms with Crippen molar-refractivity contribution in [1.82, 2.24) is 8.97 Å². The number of hydrogen-bond donors (Lipinski definition) is 0. The van der Waals surface area contributed by atoms with Crippen LogP contribution in [0.4, 0.5) is 0 Å². The summed E-state index contributed by atoms with van der Waals surface area (Å²) in [5.41, 5.74) is 7.50. The molecule has 10 aromatic rings. The normalized spacial score (nSPS) is 12.8. The SMILES string of the molecule is N#Cc1ccc(S(=O)c2ccc(-n3c4cccc5c6ccccc6n6c7ccccc7c7c8ccccc8c3c(c54)c76)cc2)cc1. The molecule has 0 amide bonds. The second-order valence-electron chi connectivity index (χ2n) is 11.8. The first-order chi connectivity index (χ1) is 22.7. The van der Waals surface area contributed by atoms with Crippen molar-refractivity contribution in [2.24, 2.45) is 0 Å². The maximum atomic E-state index is 13.5. The van der Waals surface area contributed by atoms with Crippen LogP contribution in [0.3, 0.4) is 0 Å². The molecule has 0 aliphatic carbocycles. The Hall–Kier alpha value is -5.96. The maximum Gasteiger partial charge on any atom is 0.0991 e. The van der Waals surface area contributed by atoms with Crippen LogP contribution in [0.1, 0.15) is 5.56 Å². The third-order valence-electron chi connectivity index (χ3n) is 9.50. The van der Waals surface area contributed by atoms with Gasteiger partial charge in [0.2, 0.25) is 0 Å². The monoisotopic (exact) mass is 605 g/mol. The van der Waals surface area contributed by atoms with Crippen molar-refractivity contribution in [3.8, 4) is 11.8 Å². The van der Waals surface area contributed by atoms with Gasteiger partial charge in [-0.05, 0) is 77.5 Å². The van der Waals surface area contributed by atoms with Crippen LogP contribution in [0.25, 0.3) is 76.4 Å². The van der Waals surface area contributed by atoms with Gasteiger partial charge in [-0.2, -0.15) is 5.26 Å². The number of benzene rings is 7. The molecule has 0 N–H and O–H groups in total. The Bertz CT molecular complexity index is 2920. The van der Waals surface area contributed by atoms with Crippen LogP contribution < -0.4 is 0 Å². The topological polar surface area (TPSA) is 50.2 Å². The molecule has 0 fully saturated rings. The van der Waals surface area contributed by atoms with Crippen molar-refractivity contribution >= 4 is 81.5 Å². The summed E-state index contributed by atoms with van der Waals surface area (Å²) in [7, 11) is -1.36. The van der Waals surface area contributed by atoms with E-state index in [2.05, 4.69) is 118 Å². The fourth-order valence-electron chi connectivity index (χ4n) is 7.63. The summed E-state index contributed by atoms with van der Waals surface area (Å²) in [6.45, 7) is 0. The van der Waals surface area contributed by atoms with E-state index in [-0.39, 0.29) is 0 Å². The molecular weight excluding hydrogens is 583 g/mol. The van der Waals surface area contributed by atoms with Crippen molar-refractivity contribution in [3.05, 3.63) is 145 Å². The van der Waals surface area contributed by atoms with Gasteiger partial charge >= 0.3 is 0 Å². The zero-order valence-electron chi connectivity index (χ0n) is 24.4. The van der Waals surface area contributed by atoms with E-state index in [0.717, 1.165) is 16.1 Å². The molecule has 0 saturated heterocycles. The lowest BCUT2D eigenvalue weighted by Crippen LogP contribution is -1.97. The predicted octanol–water partition coefficient (Wildman–Crippen LogP) is 10.1. The first-order valence-electron chi connectivity index (χ1n) is 15.3. The highest BCUT2D eigenvalue weighted by molar-refractivity contribution is 7.85. The summed E-state index contributed by atoms with van der Waals surface area (Å²) in [5.74, 6) is 0. The van der Waals surface area contributed by atoms with Gasteiger partial charge in [0.25, 0.3) is 0 Å². The fourth-order valence-corrected chi connectivity index (χ4v) is 8.67. The zero-order valence-corrected chi connectivity index (χ0v) is 25.3. The van der Waals surface area contributed by atoms with Crippen LogP contribution in [-0.4, -0.2) is 13.2 Å². The summed E-state index contributed by atoms with van der Waals surface area (Å²) in [6, 6.07) is 50.1. The summed E-state index contributed by atoms with van der Waals surface area (Å²) >= 11 is 0. The standard InChI is InChI=1S/C41H23N3OS/c42-24-25-16-20-27(21-17-25)46(45)28-22-18-26(19-23-28)43-36-15-7-12-30-29-8-3-5-13-34(29)44-35-14-6-4-11-33(35)37-31-9-1-2-10-32(31)40(43)39(38(30)36)41(37)44/h1-23H. The van der Waals surface area contributed by atoms with E-state index in [0.29, 0.717) is 10.5 Å². The molecule has 0 saturated carbocycles. The number of fused-ring (bicyclic) bond motifs is 9. The molecule has 1 unspecified atom stereocenters. The van der Waals surface area contributed by atoms with Gasteiger partial charge in [-0.1, -0.05) is 72.8 Å². The molecule has 0 aliphatic rings. The lowest BCUT2D eigenvalue weighted by Gasteiger charge is -2.12. The van der Waals surface area contributed by atoms with E-state index in [1.54, 1.807) is 24.3 Å². The molecule has 1 atom stereocenters. The van der Waals surface area contributed by atoms with Crippen LogP contribution in [-0.2, 0) is 10.8 Å². The summed E-state index contributed by atoms with van der Waals surface area (Å²) < 4.78 is 18.4. The van der Waals surface area contributed by atoms with Gasteiger partial charge in [-0.3, -0.25) is 0 Å². The Morgan fingerprint density at radius 3 is 1.74 bits per heavy atom. The van der Waals surface area contributed by atoms with Crippen molar-refractivity contribution in [1.29, 1.82) is 5.26 Å². The van der Waals surface area contributed by atoms with E-state index in [4.69, 9.17) is 0 Å². The van der Waals surface area contributed by atoms with Gasteiger partial charge in [0.05, 0.1) is 50.0 Å². The molecular formula is C41H23N3OS. The molecule has 3 aromatic heterocycles. The van der Waals surface area contributed by atoms with E-state index < -0.39 is 10.8 Å². The van der Waals surface area contributed by atoms with Crippen LogP contribution in [0, 0.1) is 11.3 Å². The molecule has 3 heterocycles. The molecule has 214 valence electrons. The molecule has 0 spiro atoms. The second-order valence-corrected chi connectivity index (χ2v) is 13.3. The second kappa shape index (κ2) is 9.28. The number of hydrogen-bond acceptors (Lipinski definition) is 2. The minimum absolute atomic E-state index is 0.554. The van der Waals surface area contributed by atoms with Crippen LogP contribution in [0.2, 0.25) is 0 Å². The molecule has 7 aromatic carbocycles. The average Bonchev–Trinajstić information content (AvgIpc) is 3.61. The molecule has 46 heavy (non-hydrogen) atoms. The van der Waals surface area contributed by atoms with Crippen molar-refractivity contribution < 1.29 is 4.21 Å². The summed E-state index contributed by atoms with van der Waals surface area (Å²) in [5, 5.41) is 19.0. The van der Waals surface area contributed by atoms with Gasteiger partial charge in [0.15, 0.2) is 0 Å². The quantitative estimate of drug-likeness (QED) is 0.201. The average molecular weight is 606 g/mol. The van der Waals surface area contributed by atoms with Gasteiger partial charge in [0, 0.05) is 47.8 Å². The Morgan fingerprint density at radius 1 is 0.478 bits per heavy atom. The number of aromatic nitrogens is 2. The minimum atomic E-state index is -1.36. The Balaban J connectivity index is 1.37. The Labute approximate surface area is 265 Å². The molecule has 5 heteroatoms. The first-order valence-corrected chi connectivity index (χ1v) is 16.4. The highest BCUT2D eigenvalue weighted by atomic mass is 32.2. The smallest absolute Gasteiger partial charge is 0.0991 e. The van der Waals surface area contributed by atoms with Gasteiger partial charge in [-0.15, -0.1) is 0 Å². The van der Waals surface area contributed by atoms with E-state index in [1.807, 2.05) is 12.1 Å². The third-order valence-corrected chi connectivity index (χ3v) is 10.9. The molecule has 0 aliphatic heterocycles. The Kier molecular flexibility index (Phi) is 5.12. The van der Waals surface area contributed by atoms with Crippen molar-refractivity contribution in [3.63, 3.8) is 0 Å². The summed E-state index contributed by atoms with van der Waals surface area (Å²) in [4.78, 5) is 1.40. The lowest BCUT2D eigenvalue weighted by molar-refractivity contribution is 0.683. The van der Waals surface area contributed by atoms with E-state index in [1.165, 1.54) is 65.2 Å². The highest BCUT2D eigenvalue weighted by Gasteiger charge is 2.25. The highest BCUT2D eigenvalue weighted by Crippen LogP contribution is 2.48. The third kappa shape index (κ3) is 3.23. The molecule has 10 rings (SSSR count). The van der Waals surface area contributed by atoms with Crippen molar-refractivity contribution in [2.45, 2.75) is 9.79 Å². The Morgan fingerprint density at radius 2 is 1.02 bits per heavy atom. The van der Waals surface area contributed by atoms with E-state index in [9.17, 15) is 9.47 Å². The number of rotatable bonds is 3. The lowest BCUT2D eigenvalue weighted by atomic mass is 9.98. The number of nitrogens with zero attached hydrogens (tertiary/aromatic N) is 3. The van der Waals surface area contributed by atoms with Crippen LogP contribution in [0.15, 0.2) is 149 Å². The van der Waals surface area contributed by atoms with Gasteiger partial charge in [-0.25, -0.2) is 4.21 Å². The largest absolute Gasteiger partial charge is 0.309 e. The fraction of sp³-hybridized carbons (Fsp3) is 0. The van der Waals surface area contributed by atoms with Crippen LogP contribution >= 0.6 is 0 Å². The molecule has 4 nitrogen and oxygen atoms in total. The van der Waals surface area contributed by atoms with Gasteiger partial charge in [0.1, 0.15) is 0 Å². The predicted molar refractivity (Wildman–Crippen MR) is 189 cm³/mol. The summed E-state index contributed by atoms with van der Waals surface area (Å²) in [6.07, 6.45) is 0. The molecule has 0 radical (unpaired) electrons. The first kappa shape index (κ1) is 25.4. The molecule has 0 bridgehead atoms. The maximum absolute atomic E-state index is 13.5.